The molecule has 0 spiro atoms. The second-order valence-corrected chi connectivity index (χ2v) is 6.50. The summed E-state index contributed by atoms with van der Waals surface area (Å²) in [6.07, 6.45) is -0.524. The summed E-state index contributed by atoms with van der Waals surface area (Å²) in [5.74, 6) is 0. The average Bonchev–Trinajstić information content (AvgIpc) is 2.98. The number of aliphatic hydroxyl groups excluding tert-OH is 1. The van der Waals surface area contributed by atoms with E-state index in [1.807, 2.05) is 0 Å². The highest BCUT2D eigenvalue weighted by Crippen LogP contribution is 2.19. The number of carbonyl (C=O) groups is 1. The molecule has 0 aromatic heterocycles. The largest absolute Gasteiger partial charge is 0.390 e. The van der Waals surface area contributed by atoms with E-state index >= 15 is 0 Å². The van der Waals surface area contributed by atoms with Crippen molar-refractivity contribution >= 4 is 11.7 Å². The number of benzene rings is 1. The van der Waals surface area contributed by atoms with Crippen molar-refractivity contribution in [3.05, 3.63) is 29.8 Å². The van der Waals surface area contributed by atoms with Crippen LogP contribution in [0, 0.1) is 11.3 Å². The fourth-order valence-corrected chi connectivity index (χ4v) is 3.32. The first-order chi connectivity index (χ1) is 11.6. The molecule has 2 aliphatic heterocycles. The van der Waals surface area contributed by atoms with E-state index in [0.717, 1.165) is 26.2 Å². The number of hydrogen-bond donors (Lipinski definition) is 2. The number of nitriles is 1. The molecule has 0 bridgehead atoms. The van der Waals surface area contributed by atoms with Crippen molar-refractivity contribution in [2.75, 3.05) is 51.6 Å². The maximum atomic E-state index is 12.4. The Labute approximate surface area is 142 Å². The average molecular weight is 329 g/mol. The maximum Gasteiger partial charge on any atom is 0.321 e. The van der Waals surface area contributed by atoms with Gasteiger partial charge in [0.15, 0.2) is 0 Å². The predicted octanol–water partition coefficient (Wildman–Crippen LogP) is 0.383. The topological polar surface area (TPSA) is 82.8 Å². The first kappa shape index (κ1) is 16.7. The number of likely N-dealkylation sites (N-methyl/N-ethyl adjacent to an activating group) is 1. The van der Waals surface area contributed by atoms with Crippen molar-refractivity contribution in [3.8, 4) is 6.07 Å². The molecule has 1 aromatic rings. The van der Waals surface area contributed by atoms with Gasteiger partial charge in [0.1, 0.15) is 0 Å². The molecule has 2 saturated heterocycles. The molecular weight excluding hydrogens is 306 g/mol. The van der Waals surface area contributed by atoms with Crippen molar-refractivity contribution in [2.24, 2.45) is 0 Å². The molecule has 1 aromatic carbocycles. The summed E-state index contributed by atoms with van der Waals surface area (Å²) in [5, 5.41) is 22.1. The summed E-state index contributed by atoms with van der Waals surface area (Å²) in [6.45, 7) is 4.65. The van der Waals surface area contributed by atoms with E-state index in [9.17, 15) is 9.90 Å². The number of hydrogen-bond acceptors (Lipinski definition) is 5. The second-order valence-electron chi connectivity index (χ2n) is 6.50. The Morgan fingerprint density at radius 2 is 2.04 bits per heavy atom. The Balaban J connectivity index is 1.59. The lowest BCUT2D eigenvalue weighted by Crippen LogP contribution is -2.52. The van der Waals surface area contributed by atoms with Gasteiger partial charge in [-0.05, 0) is 25.2 Å². The molecule has 2 aliphatic rings. The van der Waals surface area contributed by atoms with Crippen molar-refractivity contribution < 1.29 is 9.90 Å². The first-order valence-electron chi connectivity index (χ1n) is 8.23. The minimum absolute atomic E-state index is 0.00473. The number of nitrogens with one attached hydrogen (secondary N) is 1. The van der Waals surface area contributed by atoms with Crippen molar-refractivity contribution in [3.63, 3.8) is 0 Å². The molecule has 2 amide bonds. The number of aliphatic hydroxyl groups is 1. The zero-order chi connectivity index (χ0) is 17.1. The molecule has 0 saturated carbocycles. The second kappa shape index (κ2) is 7.18. The molecular formula is C17H23N5O2. The molecule has 24 heavy (non-hydrogen) atoms. The number of rotatable bonds is 2. The fourth-order valence-electron chi connectivity index (χ4n) is 3.32. The zero-order valence-electron chi connectivity index (χ0n) is 13.9. The highest BCUT2D eigenvalue weighted by atomic mass is 16.3. The molecule has 0 aliphatic carbocycles. The van der Waals surface area contributed by atoms with Gasteiger partial charge in [-0.3, -0.25) is 4.90 Å². The molecule has 0 unspecified atom stereocenters. The maximum absolute atomic E-state index is 12.4. The van der Waals surface area contributed by atoms with Crippen LogP contribution in [-0.2, 0) is 0 Å². The number of carbonyl (C=O) groups excluding carboxylic acids is 1. The minimum atomic E-state index is -0.524. The molecule has 2 N–H and O–H groups in total. The lowest BCUT2D eigenvalue weighted by Gasteiger charge is -2.37. The normalized spacial score (nSPS) is 25.5. The number of likely N-dealkylation sites (tertiary alicyclic amines) is 1. The van der Waals surface area contributed by atoms with E-state index in [0.29, 0.717) is 24.3 Å². The van der Waals surface area contributed by atoms with Crippen LogP contribution in [0.2, 0.25) is 0 Å². The molecule has 2 atom stereocenters. The number of nitrogens with zero attached hydrogens (tertiary/aromatic N) is 4. The van der Waals surface area contributed by atoms with Crippen LogP contribution < -0.4 is 5.32 Å². The van der Waals surface area contributed by atoms with Crippen molar-refractivity contribution in [1.29, 1.82) is 5.26 Å². The molecule has 0 radical (unpaired) electrons. The monoisotopic (exact) mass is 329 g/mol. The Morgan fingerprint density at radius 3 is 2.75 bits per heavy atom. The molecule has 2 fully saturated rings. The van der Waals surface area contributed by atoms with Gasteiger partial charge < -0.3 is 20.2 Å². The van der Waals surface area contributed by atoms with Gasteiger partial charge in [-0.25, -0.2) is 4.79 Å². The van der Waals surface area contributed by atoms with Crippen LogP contribution >= 0.6 is 0 Å². The molecule has 128 valence electrons. The number of urea groups is 1. The van der Waals surface area contributed by atoms with E-state index in [1.54, 1.807) is 29.2 Å². The summed E-state index contributed by atoms with van der Waals surface area (Å²) in [7, 11) is 2.09. The Bertz CT molecular complexity index is 636. The van der Waals surface area contributed by atoms with Gasteiger partial charge >= 0.3 is 6.03 Å². The quantitative estimate of drug-likeness (QED) is 0.820. The highest BCUT2D eigenvalue weighted by molar-refractivity contribution is 5.89. The summed E-state index contributed by atoms with van der Waals surface area (Å²) >= 11 is 0. The lowest BCUT2D eigenvalue weighted by atomic mass is 10.1. The minimum Gasteiger partial charge on any atom is -0.390 e. The zero-order valence-corrected chi connectivity index (χ0v) is 13.9. The van der Waals surface area contributed by atoms with Crippen LogP contribution in [0.5, 0.6) is 0 Å². The molecule has 7 nitrogen and oxygen atoms in total. The van der Waals surface area contributed by atoms with Crippen LogP contribution in [0.15, 0.2) is 24.3 Å². The smallest absolute Gasteiger partial charge is 0.321 e. The summed E-state index contributed by atoms with van der Waals surface area (Å²) in [5.41, 5.74) is 1.10. The Morgan fingerprint density at radius 1 is 1.29 bits per heavy atom. The number of β-amino-alcohol motifs (C(OH)–C–C–N with tert-alkyl or cyclic N) is 1. The SMILES string of the molecule is CN1CCN([C@H]2CN(C(=O)Nc3cccc(C#N)c3)C[C@@H]2O)CC1. The van der Waals surface area contributed by atoms with Crippen molar-refractivity contribution in [1.82, 2.24) is 14.7 Å². The number of amides is 2. The van der Waals surface area contributed by atoms with Crippen molar-refractivity contribution in [2.45, 2.75) is 12.1 Å². The van der Waals surface area contributed by atoms with E-state index in [1.165, 1.54) is 0 Å². The van der Waals surface area contributed by atoms with Crippen LogP contribution in [0.1, 0.15) is 5.56 Å². The van der Waals surface area contributed by atoms with Gasteiger partial charge in [0, 0.05) is 38.4 Å². The van der Waals surface area contributed by atoms with Crippen LogP contribution in [0.25, 0.3) is 0 Å². The van der Waals surface area contributed by atoms with E-state index < -0.39 is 6.10 Å². The van der Waals surface area contributed by atoms with Gasteiger partial charge in [-0.15, -0.1) is 0 Å². The molecule has 2 heterocycles. The van der Waals surface area contributed by atoms with Crippen LogP contribution in [-0.4, -0.2) is 84.3 Å². The highest BCUT2D eigenvalue weighted by Gasteiger charge is 2.38. The third-order valence-electron chi connectivity index (χ3n) is 4.80. The number of piperazine rings is 1. The lowest BCUT2D eigenvalue weighted by molar-refractivity contribution is 0.0512. The van der Waals surface area contributed by atoms with Crippen LogP contribution in [0.4, 0.5) is 10.5 Å². The number of anilines is 1. The van der Waals surface area contributed by atoms with E-state index in [2.05, 4.69) is 28.2 Å². The third kappa shape index (κ3) is 3.67. The van der Waals surface area contributed by atoms with E-state index in [4.69, 9.17) is 5.26 Å². The Kier molecular flexibility index (Phi) is 5.00. The fraction of sp³-hybridized carbons (Fsp3) is 0.529. The van der Waals surface area contributed by atoms with Gasteiger partial charge in [0.2, 0.25) is 0 Å². The first-order valence-corrected chi connectivity index (χ1v) is 8.23. The predicted molar refractivity (Wildman–Crippen MR) is 90.6 cm³/mol. The van der Waals surface area contributed by atoms with Gasteiger partial charge in [0.25, 0.3) is 0 Å². The van der Waals surface area contributed by atoms with Gasteiger partial charge in [-0.1, -0.05) is 6.07 Å². The Hall–Kier alpha value is -2.14. The molecule has 3 rings (SSSR count). The summed E-state index contributed by atoms with van der Waals surface area (Å²) < 4.78 is 0. The summed E-state index contributed by atoms with van der Waals surface area (Å²) in [6, 6.07) is 8.64. The summed E-state index contributed by atoms with van der Waals surface area (Å²) in [4.78, 5) is 18.6. The molecule has 7 heteroatoms. The van der Waals surface area contributed by atoms with E-state index in [-0.39, 0.29) is 12.1 Å². The van der Waals surface area contributed by atoms with Crippen LogP contribution in [0.3, 0.4) is 0 Å². The standard InChI is InChI=1S/C17H23N5O2/c1-20-5-7-21(8-6-20)15-11-22(12-16(15)23)17(24)19-14-4-2-3-13(9-14)10-18/h2-4,9,15-16,23H,5-8,11-12H2,1H3,(H,19,24)/t15-,16-/m0/s1. The van der Waals surface area contributed by atoms with Gasteiger partial charge in [-0.2, -0.15) is 5.26 Å². The van der Waals surface area contributed by atoms with Gasteiger partial charge in [0.05, 0.1) is 30.3 Å². The third-order valence-corrected chi connectivity index (χ3v) is 4.80.